The van der Waals surface area contributed by atoms with Crippen molar-refractivity contribution in [2.24, 2.45) is 29.0 Å². The molecule has 8 rings (SSSR count). The van der Waals surface area contributed by atoms with Crippen LogP contribution < -0.4 is 91.6 Å². The van der Waals surface area contributed by atoms with Gasteiger partial charge < -0.3 is 121 Å². The van der Waals surface area contributed by atoms with Gasteiger partial charge in [0, 0.05) is 70.7 Å². The van der Waals surface area contributed by atoms with E-state index in [0.29, 0.717) is 60.8 Å². The molecule has 43 heteroatoms. The molecule has 4 aliphatic rings. The number of amides is 16. The summed E-state index contributed by atoms with van der Waals surface area (Å²) in [5.74, 6) is -14.9. The Morgan fingerprint density at radius 2 is 0.779 bits per heavy atom. The number of aliphatic hydroxyl groups is 1. The van der Waals surface area contributed by atoms with E-state index in [1.54, 1.807) is 128 Å². The van der Waals surface area contributed by atoms with E-state index in [2.05, 4.69) is 87.1 Å². The fourth-order valence-corrected chi connectivity index (χ4v) is 17.1. The lowest BCUT2D eigenvalue weighted by molar-refractivity contribution is -0.148. The Kier molecular flexibility index (Phi) is 43.1. The second kappa shape index (κ2) is 54.3. The Morgan fingerprint density at radius 1 is 0.412 bits per heavy atom. The number of thiol groups is 1. The lowest BCUT2D eigenvalue weighted by Crippen LogP contribution is -2.61. The number of nitrogens with zero attached hydrogens (tertiary/aromatic N) is 4. The second-order valence-corrected chi connectivity index (χ2v) is 35.4. The normalized spacial score (nSPS) is 18.3. The van der Waals surface area contributed by atoms with Crippen molar-refractivity contribution in [2.45, 2.75) is 241 Å². The minimum Gasteiger partial charge on any atom is -0.480 e. The third-order valence-corrected chi connectivity index (χ3v) is 24.7. The fourth-order valence-electron chi connectivity index (χ4n) is 16.8. The number of aliphatic hydroxyl groups excluding tert-OH is 1. The molecule has 24 N–H and O–H groups in total. The molecule has 0 aliphatic carbocycles. The first-order valence-corrected chi connectivity index (χ1v) is 46.9. The van der Waals surface area contributed by atoms with Gasteiger partial charge >= 0.3 is 5.97 Å². The Hall–Kier alpha value is -13.3. The molecule has 16 amide bonds. The molecule has 4 fully saturated rings. The molecule has 4 aliphatic heterocycles. The minimum atomic E-state index is -1.68. The van der Waals surface area contributed by atoms with Crippen LogP contribution in [0.2, 0.25) is 0 Å². The first kappa shape index (κ1) is 108. The number of aliphatic carboxylic acids is 1. The van der Waals surface area contributed by atoms with Crippen molar-refractivity contribution < 1.29 is 91.7 Å². The molecule has 1 unspecified atom stereocenters. The highest BCUT2D eigenvalue weighted by Gasteiger charge is 2.47. The van der Waals surface area contributed by atoms with Crippen LogP contribution in [0.5, 0.6) is 0 Å². The van der Waals surface area contributed by atoms with Gasteiger partial charge in [-0.25, -0.2) is 4.79 Å². The van der Waals surface area contributed by atoms with Gasteiger partial charge in [-0.3, -0.25) is 87.5 Å². The van der Waals surface area contributed by atoms with Crippen LogP contribution in [0.1, 0.15) is 147 Å². The molecule has 136 heavy (non-hydrogen) atoms. The number of likely N-dealkylation sites (tertiary alicyclic amines) is 4. The predicted octanol–water partition coefficient (Wildman–Crippen LogP) is -3.03. The monoisotopic (exact) mass is 1910 g/mol. The van der Waals surface area contributed by atoms with Gasteiger partial charge in [0.25, 0.3) is 0 Å². The molecule has 42 nitrogen and oxygen atoms in total. The van der Waals surface area contributed by atoms with E-state index in [9.17, 15) is 91.7 Å². The molecule has 0 radical (unpaired) electrons. The van der Waals surface area contributed by atoms with Gasteiger partial charge in [0.15, 0.2) is 11.9 Å². The molecule has 4 saturated heterocycles. The lowest BCUT2D eigenvalue weighted by atomic mass is 9.96. The summed E-state index contributed by atoms with van der Waals surface area (Å²) in [6, 6.07) is 15.1. The van der Waals surface area contributed by atoms with Crippen molar-refractivity contribution in [1.29, 1.82) is 10.8 Å². The highest BCUT2D eigenvalue weighted by atomic mass is 32.1. The van der Waals surface area contributed by atoms with Crippen LogP contribution in [0.15, 0.2) is 121 Å². The zero-order chi connectivity index (χ0) is 99.2. The molecule has 0 aromatic heterocycles. The number of carboxylic acids is 1. The molecule has 4 heterocycles. The summed E-state index contributed by atoms with van der Waals surface area (Å²) in [5, 5.41) is 72.8. The summed E-state index contributed by atoms with van der Waals surface area (Å²) in [7, 11) is 0. The van der Waals surface area contributed by atoms with Crippen molar-refractivity contribution in [3.05, 3.63) is 144 Å². The predicted molar refractivity (Wildman–Crippen MR) is 504 cm³/mol. The SMILES string of the molecule is CC[C@H](C)[C@H](NC(=O)[C@H](C)NC(=O)[C@@H](N)CC(C)C)C(=O)N1CCC[C@H]1C(=O)N[C@@H](Cc1ccccc1)C(=O)N[C@@H](CS)C(=O)NC(Cc1ccccc1)C(=O)NCC(=O)N[C@@H](CCCNC(=N)N)C(=O)N1CCC[C@H]1C(=O)N1CCC[C@H]1C(=O)NCC(=O)N[C@@H](Cc1ccccc1)C(=O)N[C@@H](CO)C(=O)N1CCC[C@H]1C(=O)N[C@@H](Cc1ccccc1)C(=O)N[C@@H](CCCNC(=N)N)C(=O)O. The summed E-state index contributed by atoms with van der Waals surface area (Å²) in [4.78, 5) is 246. The highest BCUT2D eigenvalue weighted by Crippen LogP contribution is 2.28. The number of guanidine groups is 2. The van der Waals surface area contributed by atoms with Crippen molar-refractivity contribution in [1.82, 2.24) is 94.0 Å². The number of benzene rings is 4. The number of carbonyl (C=O) groups excluding carboxylic acids is 16. The van der Waals surface area contributed by atoms with Crippen LogP contribution >= 0.6 is 12.6 Å². The molecule has 16 atom stereocenters. The first-order chi connectivity index (χ1) is 65.0. The molecular formula is C93H133N23O19S. The Bertz CT molecular complexity index is 4800. The summed E-state index contributed by atoms with van der Waals surface area (Å²) < 4.78 is 0. The lowest BCUT2D eigenvalue weighted by Gasteiger charge is -2.33. The quantitative estimate of drug-likeness (QED) is 0.00905. The molecule has 0 bridgehead atoms. The van der Waals surface area contributed by atoms with Crippen LogP contribution in [-0.2, 0) is 107 Å². The zero-order valence-corrected chi connectivity index (χ0v) is 78.4. The highest BCUT2D eigenvalue weighted by molar-refractivity contribution is 7.80. The van der Waals surface area contributed by atoms with Crippen molar-refractivity contribution in [2.75, 3.05) is 64.7 Å². The molecule has 0 saturated carbocycles. The van der Waals surface area contributed by atoms with Crippen LogP contribution in [0.25, 0.3) is 0 Å². The maximum absolute atomic E-state index is 14.9. The average molecular weight is 1910 g/mol. The standard InChI is InChI=1S/C93H133N23O19S/c1-6-55(4)76(112-77(120)56(5)103-78(121)61(94)45-54(2)3)90(133)115-43-23-37-72(115)86(129)109-67(49-60-31-17-10-18-32-60)82(125)111-69(53-136)83(126)107-64(46-57-25-11-7-12-26-57)79(122)101-50-74(118)104-62(33-19-39-99-92(95)96)87(130)116-44-24-38-73(116)89(132)114-42-21-35-70(114)84(127)102-51-75(119)105-65(47-58-27-13-8-14-28-58)80(123)110-68(52-117)88(131)113-41-22-36-71(113)85(128)108-66(48-59-29-15-9-16-30-59)81(124)106-63(91(134)135)34-20-40-100-93(97)98/h7-18,25-32,54-56,61-73,76,117,136H,6,19-24,33-53,94H2,1-5H3,(H,101,122)(H,102,127)(H,103,121)(H,104,118)(H,105,119)(H,106,124)(H,107,126)(H,108,128)(H,109,129)(H,110,123)(H,111,125)(H,112,120)(H,134,135)(H4,95,96,99)(H4,97,98,100)/t55-,56-,61-,62-,63-,64?,65-,66-,67-,68-,69-,70-,71-,72-,73-,76-/m0/s1. The number of rotatable bonds is 51. The number of hydrogen-bond donors (Lipinski definition) is 22. The topological polar surface area (TPSA) is 638 Å². The van der Waals surface area contributed by atoms with Gasteiger partial charge in [-0.15, -0.1) is 0 Å². The first-order valence-electron chi connectivity index (χ1n) is 46.3. The van der Waals surface area contributed by atoms with Gasteiger partial charge in [-0.1, -0.05) is 155 Å². The third-order valence-electron chi connectivity index (χ3n) is 24.3. The number of carbonyl (C=O) groups is 17. The van der Waals surface area contributed by atoms with Gasteiger partial charge in [-0.05, 0) is 124 Å². The van der Waals surface area contributed by atoms with Gasteiger partial charge in [-0.2, -0.15) is 12.6 Å². The number of nitrogens with two attached hydrogens (primary N) is 3. The average Bonchev–Trinajstić information content (AvgIpc) is 1.65. The largest absolute Gasteiger partial charge is 0.480 e. The van der Waals surface area contributed by atoms with Crippen molar-refractivity contribution in [3.8, 4) is 0 Å². The Morgan fingerprint density at radius 3 is 1.21 bits per heavy atom. The molecule has 0 spiro atoms. The molecule has 4 aromatic rings. The van der Waals surface area contributed by atoms with Crippen molar-refractivity contribution in [3.63, 3.8) is 0 Å². The van der Waals surface area contributed by atoms with E-state index < -0.39 is 217 Å². The van der Waals surface area contributed by atoms with Gasteiger partial charge in [0.05, 0.1) is 25.7 Å². The maximum Gasteiger partial charge on any atom is 0.326 e. The van der Waals surface area contributed by atoms with Crippen LogP contribution in [0.4, 0.5) is 0 Å². The number of carboxylic acid groups (broad SMARTS) is 1. The van der Waals surface area contributed by atoms with Crippen LogP contribution in [0.3, 0.4) is 0 Å². The van der Waals surface area contributed by atoms with Crippen LogP contribution in [-0.4, -0.2) is 298 Å². The maximum atomic E-state index is 14.9. The third kappa shape index (κ3) is 33.1. The minimum absolute atomic E-state index is 0.0109. The number of hydrogen-bond acceptors (Lipinski definition) is 22. The van der Waals surface area contributed by atoms with E-state index in [0.717, 1.165) is 4.90 Å². The molecule has 4 aromatic carbocycles. The summed E-state index contributed by atoms with van der Waals surface area (Å²) >= 11 is 4.43. The van der Waals surface area contributed by atoms with E-state index in [1.165, 1.54) is 21.6 Å². The van der Waals surface area contributed by atoms with Crippen LogP contribution in [0, 0.1) is 22.7 Å². The van der Waals surface area contributed by atoms with Crippen molar-refractivity contribution >= 4 is 125 Å². The zero-order valence-electron chi connectivity index (χ0n) is 77.5. The summed E-state index contributed by atoms with van der Waals surface area (Å²) in [6.45, 7) is 6.90. The summed E-state index contributed by atoms with van der Waals surface area (Å²) in [6.07, 6.45) is 2.49. The fraction of sp³-hybridized carbons (Fsp3) is 0.538. The van der Waals surface area contributed by atoms with E-state index in [4.69, 9.17) is 28.0 Å². The number of nitrogens with one attached hydrogen (secondary N) is 16. The Balaban J connectivity index is 0.884. The second-order valence-electron chi connectivity index (χ2n) is 35.1. The van der Waals surface area contributed by atoms with E-state index in [1.807, 2.05) is 20.8 Å². The van der Waals surface area contributed by atoms with Gasteiger partial charge in [0.2, 0.25) is 94.5 Å². The summed E-state index contributed by atoms with van der Waals surface area (Å²) in [5.41, 5.74) is 19.4. The molecular weight excluding hydrogens is 1780 g/mol. The smallest absolute Gasteiger partial charge is 0.326 e. The van der Waals surface area contributed by atoms with E-state index >= 15 is 0 Å². The Labute approximate surface area is 795 Å². The van der Waals surface area contributed by atoms with Gasteiger partial charge in [0.1, 0.15) is 84.6 Å². The van der Waals surface area contributed by atoms with E-state index in [-0.39, 0.29) is 140 Å². The molecule has 740 valence electrons.